The van der Waals surface area contributed by atoms with Crippen LogP contribution in [0, 0.1) is 0 Å². The second kappa shape index (κ2) is 7.17. The van der Waals surface area contributed by atoms with Gasteiger partial charge >= 0.3 is 6.09 Å². The van der Waals surface area contributed by atoms with E-state index in [1.807, 2.05) is 0 Å². The number of carboxylic acid groups (broad SMARTS) is 1. The quantitative estimate of drug-likeness (QED) is 0.873. The third kappa shape index (κ3) is 3.82. The molecule has 8 heteroatoms. The number of benzene rings is 1. The van der Waals surface area contributed by atoms with Crippen molar-refractivity contribution in [3.05, 3.63) is 33.8 Å². The first-order valence-corrected chi connectivity index (χ1v) is 7.50. The number of aliphatic hydroxyl groups is 1. The van der Waals surface area contributed by atoms with Crippen molar-refractivity contribution in [2.24, 2.45) is 0 Å². The van der Waals surface area contributed by atoms with E-state index in [1.165, 1.54) is 9.80 Å². The Balaban J connectivity index is 2.05. The molecule has 2 rings (SSSR count). The highest BCUT2D eigenvalue weighted by atomic mass is 35.5. The Morgan fingerprint density at radius 2 is 1.95 bits per heavy atom. The van der Waals surface area contributed by atoms with E-state index in [-0.39, 0.29) is 38.6 Å². The predicted octanol–water partition coefficient (Wildman–Crippen LogP) is 1.72. The SMILES string of the molecule is O=C(O)N1CCN(C(=O)Cc2ccc(Cl)c(Cl)c2)C(CO)C1. The van der Waals surface area contributed by atoms with Crippen LogP contribution in [0.25, 0.3) is 0 Å². The van der Waals surface area contributed by atoms with Crippen LogP contribution >= 0.6 is 23.2 Å². The van der Waals surface area contributed by atoms with Crippen molar-refractivity contribution in [2.45, 2.75) is 12.5 Å². The molecule has 120 valence electrons. The summed E-state index contributed by atoms with van der Waals surface area (Å²) in [5.41, 5.74) is 0.719. The lowest BCUT2D eigenvalue weighted by Gasteiger charge is -2.39. The maximum atomic E-state index is 12.4. The number of rotatable bonds is 3. The predicted molar refractivity (Wildman–Crippen MR) is 82.4 cm³/mol. The smallest absolute Gasteiger partial charge is 0.407 e. The first-order chi connectivity index (χ1) is 10.4. The van der Waals surface area contributed by atoms with Crippen molar-refractivity contribution in [1.82, 2.24) is 9.80 Å². The lowest BCUT2D eigenvalue weighted by Crippen LogP contribution is -2.58. The molecule has 2 N–H and O–H groups in total. The van der Waals surface area contributed by atoms with E-state index in [4.69, 9.17) is 28.3 Å². The van der Waals surface area contributed by atoms with Crippen LogP contribution in [0.2, 0.25) is 10.0 Å². The molecule has 1 aromatic carbocycles. The molecule has 0 spiro atoms. The van der Waals surface area contributed by atoms with E-state index < -0.39 is 12.1 Å². The van der Waals surface area contributed by atoms with Crippen molar-refractivity contribution in [2.75, 3.05) is 26.2 Å². The Bertz CT molecular complexity index is 582. The van der Waals surface area contributed by atoms with Gasteiger partial charge in [0.1, 0.15) is 0 Å². The van der Waals surface area contributed by atoms with Crippen LogP contribution in [-0.4, -0.2) is 64.3 Å². The van der Waals surface area contributed by atoms with Gasteiger partial charge in [0.2, 0.25) is 5.91 Å². The number of nitrogens with zero attached hydrogens (tertiary/aromatic N) is 2. The molecule has 2 amide bonds. The molecule has 0 saturated carbocycles. The molecule has 1 aliphatic heterocycles. The molecule has 1 saturated heterocycles. The van der Waals surface area contributed by atoms with E-state index in [2.05, 4.69) is 0 Å². The minimum atomic E-state index is -1.05. The lowest BCUT2D eigenvalue weighted by atomic mass is 10.1. The Morgan fingerprint density at radius 3 is 2.55 bits per heavy atom. The normalized spacial score (nSPS) is 18.4. The topological polar surface area (TPSA) is 81.1 Å². The molecule has 0 aromatic heterocycles. The highest BCUT2D eigenvalue weighted by Crippen LogP contribution is 2.23. The van der Waals surface area contributed by atoms with E-state index in [1.54, 1.807) is 18.2 Å². The molecule has 1 fully saturated rings. The Labute approximate surface area is 137 Å². The second-order valence-corrected chi connectivity index (χ2v) is 5.89. The average Bonchev–Trinajstić information content (AvgIpc) is 2.50. The highest BCUT2D eigenvalue weighted by Gasteiger charge is 2.31. The number of aliphatic hydroxyl groups excluding tert-OH is 1. The summed E-state index contributed by atoms with van der Waals surface area (Å²) in [7, 11) is 0. The van der Waals surface area contributed by atoms with Gasteiger partial charge in [-0.05, 0) is 17.7 Å². The fourth-order valence-corrected chi connectivity index (χ4v) is 2.76. The zero-order chi connectivity index (χ0) is 16.3. The molecule has 1 atom stereocenters. The Hall–Kier alpha value is -1.50. The molecular weight excluding hydrogens is 331 g/mol. The highest BCUT2D eigenvalue weighted by molar-refractivity contribution is 6.42. The summed E-state index contributed by atoms with van der Waals surface area (Å²) < 4.78 is 0. The van der Waals surface area contributed by atoms with Crippen LogP contribution in [0.15, 0.2) is 18.2 Å². The molecule has 0 aliphatic carbocycles. The minimum absolute atomic E-state index is 0.110. The Kier molecular flexibility index (Phi) is 5.50. The second-order valence-electron chi connectivity index (χ2n) is 5.08. The molecule has 22 heavy (non-hydrogen) atoms. The number of carbonyl (C=O) groups is 2. The van der Waals surface area contributed by atoms with Gasteiger partial charge in [0.15, 0.2) is 0 Å². The van der Waals surface area contributed by atoms with Crippen LogP contribution in [0.1, 0.15) is 5.56 Å². The monoisotopic (exact) mass is 346 g/mol. The number of amides is 2. The molecule has 0 bridgehead atoms. The van der Waals surface area contributed by atoms with Crippen LogP contribution in [0.4, 0.5) is 4.79 Å². The van der Waals surface area contributed by atoms with Gasteiger partial charge in [0, 0.05) is 19.6 Å². The number of carbonyl (C=O) groups excluding carboxylic acids is 1. The van der Waals surface area contributed by atoms with E-state index in [0.29, 0.717) is 10.0 Å². The van der Waals surface area contributed by atoms with Crippen LogP contribution < -0.4 is 0 Å². The molecule has 1 unspecified atom stereocenters. The standard InChI is InChI=1S/C14H16Cl2N2O4/c15-11-2-1-9(5-12(11)16)6-13(20)18-4-3-17(14(21)22)7-10(18)8-19/h1-2,5,10,19H,3-4,6-8H2,(H,21,22). The fourth-order valence-electron chi connectivity index (χ4n) is 2.44. The van der Waals surface area contributed by atoms with Gasteiger partial charge in [-0.1, -0.05) is 29.3 Å². The summed E-state index contributed by atoms with van der Waals surface area (Å²) >= 11 is 11.8. The molecule has 0 radical (unpaired) electrons. The summed E-state index contributed by atoms with van der Waals surface area (Å²) in [5, 5.41) is 19.2. The lowest BCUT2D eigenvalue weighted by molar-refractivity contribution is -0.136. The number of hydrogen-bond acceptors (Lipinski definition) is 3. The van der Waals surface area contributed by atoms with Gasteiger partial charge in [0.05, 0.1) is 29.1 Å². The fraction of sp³-hybridized carbons (Fsp3) is 0.429. The summed E-state index contributed by atoms with van der Waals surface area (Å²) in [6.45, 7) is 0.326. The van der Waals surface area contributed by atoms with Crippen LogP contribution in [0.5, 0.6) is 0 Å². The van der Waals surface area contributed by atoms with Crippen LogP contribution in [0.3, 0.4) is 0 Å². The molecule has 6 nitrogen and oxygen atoms in total. The van der Waals surface area contributed by atoms with Gasteiger partial charge in [-0.25, -0.2) is 4.79 Å². The maximum Gasteiger partial charge on any atom is 0.407 e. The zero-order valence-corrected chi connectivity index (χ0v) is 13.2. The van der Waals surface area contributed by atoms with E-state index in [9.17, 15) is 14.7 Å². The summed E-state index contributed by atoms with van der Waals surface area (Å²) in [5.74, 6) is -0.178. The third-order valence-electron chi connectivity index (χ3n) is 3.62. The summed E-state index contributed by atoms with van der Waals surface area (Å²) in [6.07, 6.45) is -0.921. The molecule has 1 heterocycles. The van der Waals surface area contributed by atoms with Gasteiger partial charge in [0.25, 0.3) is 0 Å². The average molecular weight is 347 g/mol. The van der Waals surface area contributed by atoms with Gasteiger partial charge < -0.3 is 20.0 Å². The van der Waals surface area contributed by atoms with E-state index >= 15 is 0 Å². The van der Waals surface area contributed by atoms with Crippen LogP contribution in [-0.2, 0) is 11.2 Å². The van der Waals surface area contributed by atoms with Crippen molar-refractivity contribution in [1.29, 1.82) is 0 Å². The summed E-state index contributed by atoms with van der Waals surface area (Å²) in [6, 6.07) is 4.44. The first kappa shape index (κ1) is 16.9. The summed E-state index contributed by atoms with van der Waals surface area (Å²) in [4.78, 5) is 26.1. The van der Waals surface area contributed by atoms with E-state index in [0.717, 1.165) is 5.56 Å². The largest absolute Gasteiger partial charge is 0.465 e. The maximum absolute atomic E-state index is 12.4. The third-order valence-corrected chi connectivity index (χ3v) is 4.36. The van der Waals surface area contributed by atoms with Crippen molar-refractivity contribution >= 4 is 35.2 Å². The van der Waals surface area contributed by atoms with Gasteiger partial charge in [-0.3, -0.25) is 4.79 Å². The van der Waals surface area contributed by atoms with Crippen molar-refractivity contribution < 1.29 is 19.8 Å². The van der Waals surface area contributed by atoms with Crippen molar-refractivity contribution in [3.63, 3.8) is 0 Å². The first-order valence-electron chi connectivity index (χ1n) is 6.74. The molecular formula is C14H16Cl2N2O4. The molecule has 1 aliphatic rings. The van der Waals surface area contributed by atoms with Gasteiger partial charge in [-0.2, -0.15) is 0 Å². The number of piperazine rings is 1. The Morgan fingerprint density at radius 1 is 1.23 bits per heavy atom. The molecule has 1 aromatic rings. The number of halogens is 2. The minimum Gasteiger partial charge on any atom is -0.465 e. The van der Waals surface area contributed by atoms with Crippen molar-refractivity contribution in [3.8, 4) is 0 Å². The number of hydrogen-bond donors (Lipinski definition) is 2. The zero-order valence-electron chi connectivity index (χ0n) is 11.7. The van der Waals surface area contributed by atoms with Gasteiger partial charge in [-0.15, -0.1) is 0 Å².